The van der Waals surface area contributed by atoms with Crippen molar-refractivity contribution in [3.63, 3.8) is 0 Å². The number of carbonyl (C=O) groups excluding carboxylic acids is 1. The van der Waals surface area contributed by atoms with E-state index in [0.717, 1.165) is 38.2 Å². The van der Waals surface area contributed by atoms with Gasteiger partial charge in [-0.15, -0.1) is 0 Å². The van der Waals surface area contributed by atoms with Crippen molar-refractivity contribution in [1.29, 1.82) is 0 Å². The van der Waals surface area contributed by atoms with E-state index >= 15 is 0 Å². The van der Waals surface area contributed by atoms with Crippen molar-refractivity contribution in [2.75, 3.05) is 32.8 Å². The van der Waals surface area contributed by atoms with Crippen LogP contribution in [0.3, 0.4) is 0 Å². The van der Waals surface area contributed by atoms with Gasteiger partial charge in [0.15, 0.2) is 0 Å². The molecule has 0 aromatic heterocycles. The largest absolute Gasteiger partial charge is 0.464 e. The zero-order valence-corrected chi connectivity index (χ0v) is 17.5. The molecule has 0 heterocycles. The van der Waals surface area contributed by atoms with E-state index in [1.54, 1.807) is 0 Å². The summed E-state index contributed by atoms with van der Waals surface area (Å²) in [5, 5.41) is 3.41. The maximum Gasteiger partial charge on any atom is 0.327 e. The van der Waals surface area contributed by atoms with Crippen LogP contribution in [0.15, 0.2) is 24.3 Å². The second-order valence-corrected chi connectivity index (χ2v) is 7.38. The van der Waals surface area contributed by atoms with Gasteiger partial charge in [0.05, 0.1) is 6.61 Å². The summed E-state index contributed by atoms with van der Waals surface area (Å²) in [6.45, 7) is 17.1. The average Bonchev–Trinajstić information content (AvgIpc) is 2.66. The first kappa shape index (κ1) is 22.7. The molecule has 1 N–H and O–H groups in total. The topological polar surface area (TPSA) is 41.6 Å². The van der Waals surface area contributed by atoms with Crippen LogP contribution in [-0.4, -0.2) is 43.7 Å². The maximum atomic E-state index is 12.7. The number of ether oxygens (including phenoxy) is 1. The first-order valence-electron chi connectivity index (χ1n) is 10.1. The van der Waals surface area contributed by atoms with Crippen LogP contribution < -0.4 is 5.32 Å². The first-order valence-corrected chi connectivity index (χ1v) is 10.1. The smallest absolute Gasteiger partial charge is 0.327 e. The van der Waals surface area contributed by atoms with Crippen LogP contribution in [0.25, 0.3) is 0 Å². The Kier molecular flexibility index (Phi) is 10.5. The molecule has 1 aromatic rings. The molecular formula is C22H38N2O2. The second kappa shape index (κ2) is 12.1. The van der Waals surface area contributed by atoms with E-state index in [-0.39, 0.29) is 5.97 Å². The molecule has 0 radical (unpaired) electrons. The van der Waals surface area contributed by atoms with Crippen LogP contribution in [0.2, 0.25) is 0 Å². The highest BCUT2D eigenvalue weighted by Crippen LogP contribution is 2.20. The van der Waals surface area contributed by atoms with Crippen LogP contribution in [0.4, 0.5) is 0 Å². The summed E-state index contributed by atoms with van der Waals surface area (Å²) in [6, 6.07) is 7.92. The van der Waals surface area contributed by atoms with Crippen LogP contribution in [0.5, 0.6) is 0 Å². The fourth-order valence-electron chi connectivity index (χ4n) is 2.74. The molecule has 0 fully saturated rings. The summed E-state index contributed by atoms with van der Waals surface area (Å²) in [6.07, 6.45) is 1.01. The molecule has 0 saturated carbocycles. The fourth-order valence-corrected chi connectivity index (χ4v) is 2.74. The molecule has 4 nitrogen and oxygen atoms in total. The average molecular weight is 363 g/mol. The number of esters is 1. The van der Waals surface area contributed by atoms with Crippen LogP contribution in [0, 0.1) is 5.92 Å². The molecular weight excluding hydrogens is 324 g/mol. The van der Waals surface area contributed by atoms with E-state index in [2.05, 4.69) is 76.0 Å². The predicted molar refractivity (Wildman–Crippen MR) is 109 cm³/mol. The minimum atomic E-state index is -0.407. The molecule has 148 valence electrons. The molecule has 0 aliphatic carbocycles. The van der Waals surface area contributed by atoms with E-state index in [1.807, 2.05) is 0 Å². The van der Waals surface area contributed by atoms with Gasteiger partial charge in [-0.05, 0) is 36.1 Å². The van der Waals surface area contributed by atoms with Gasteiger partial charge in [0.1, 0.15) is 6.04 Å². The van der Waals surface area contributed by atoms with E-state index < -0.39 is 6.04 Å². The number of carbonyl (C=O) groups is 1. The fraction of sp³-hybridized carbons (Fsp3) is 0.682. The lowest BCUT2D eigenvalue weighted by atomic mass is 9.99. The zero-order chi connectivity index (χ0) is 19.5. The van der Waals surface area contributed by atoms with E-state index in [4.69, 9.17) is 4.74 Å². The molecule has 0 aliphatic heterocycles. The van der Waals surface area contributed by atoms with Crippen LogP contribution in [0.1, 0.15) is 71.0 Å². The van der Waals surface area contributed by atoms with Gasteiger partial charge in [-0.3, -0.25) is 5.32 Å². The molecule has 0 spiro atoms. The summed E-state index contributed by atoms with van der Waals surface area (Å²) in [7, 11) is 0. The Morgan fingerprint density at radius 2 is 1.62 bits per heavy atom. The molecule has 0 amide bonds. The zero-order valence-electron chi connectivity index (χ0n) is 17.5. The minimum absolute atomic E-state index is 0.179. The third kappa shape index (κ3) is 7.46. The number of benzene rings is 1. The van der Waals surface area contributed by atoms with E-state index in [9.17, 15) is 4.79 Å². The second-order valence-electron chi connectivity index (χ2n) is 7.38. The Hall–Kier alpha value is -1.39. The lowest BCUT2D eigenvalue weighted by molar-refractivity contribution is -0.147. The molecule has 0 bridgehead atoms. The standard InChI is InChI=1S/C22H38N2O2/c1-7-18(6)16-26-22(25)21(23-14-15-24(8-2)9-3)20-12-10-19(11-13-20)17(4)5/h10-13,17-18,21,23H,7-9,14-16H2,1-6H3. The van der Waals surface area contributed by atoms with Crippen molar-refractivity contribution < 1.29 is 9.53 Å². The Labute approximate surface area is 160 Å². The molecule has 1 rings (SSSR count). The summed E-state index contributed by atoms with van der Waals surface area (Å²) in [5.41, 5.74) is 2.26. The van der Waals surface area contributed by atoms with Gasteiger partial charge in [0.2, 0.25) is 0 Å². The van der Waals surface area contributed by atoms with E-state index in [1.165, 1.54) is 5.56 Å². The molecule has 1 aromatic carbocycles. The lowest BCUT2D eigenvalue weighted by Gasteiger charge is -2.23. The molecule has 2 atom stereocenters. The van der Waals surface area contributed by atoms with Gasteiger partial charge < -0.3 is 9.64 Å². The van der Waals surface area contributed by atoms with Gasteiger partial charge in [0.25, 0.3) is 0 Å². The van der Waals surface area contributed by atoms with Crippen molar-refractivity contribution in [3.8, 4) is 0 Å². The molecule has 26 heavy (non-hydrogen) atoms. The van der Waals surface area contributed by atoms with Crippen molar-refractivity contribution >= 4 is 5.97 Å². The number of rotatable bonds is 12. The van der Waals surface area contributed by atoms with Gasteiger partial charge >= 0.3 is 5.97 Å². The van der Waals surface area contributed by atoms with E-state index in [0.29, 0.717) is 18.4 Å². The molecule has 2 unspecified atom stereocenters. The number of hydrogen-bond acceptors (Lipinski definition) is 4. The highest BCUT2D eigenvalue weighted by atomic mass is 16.5. The number of likely N-dealkylation sites (N-methyl/N-ethyl adjacent to an activating group) is 1. The van der Waals surface area contributed by atoms with Crippen molar-refractivity contribution in [1.82, 2.24) is 10.2 Å². The number of nitrogens with zero attached hydrogens (tertiary/aromatic N) is 1. The Balaban J connectivity index is 2.81. The highest BCUT2D eigenvalue weighted by Gasteiger charge is 2.22. The third-order valence-electron chi connectivity index (χ3n) is 5.05. The van der Waals surface area contributed by atoms with Gasteiger partial charge in [-0.1, -0.05) is 72.2 Å². The highest BCUT2D eigenvalue weighted by molar-refractivity contribution is 5.77. The number of nitrogens with one attached hydrogen (secondary N) is 1. The summed E-state index contributed by atoms with van der Waals surface area (Å²) >= 11 is 0. The lowest BCUT2D eigenvalue weighted by Crippen LogP contribution is -2.37. The summed E-state index contributed by atoms with van der Waals surface area (Å²) in [4.78, 5) is 15.0. The van der Waals surface area contributed by atoms with Gasteiger partial charge in [-0.25, -0.2) is 4.79 Å². The van der Waals surface area contributed by atoms with Crippen molar-refractivity contribution in [3.05, 3.63) is 35.4 Å². The van der Waals surface area contributed by atoms with Crippen LogP contribution in [-0.2, 0) is 9.53 Å². The molecule has 0 saturated heterocycles. The Bertz CT molecular complexity index is 509. The van der Waals surface area contributed by atoms with Crippen LogP contribution >= 0.6 is 0 Å². The Morgan fingerprint density at radius 3 is 2.12 bits per heavy atom. The normalized spacial score (nSPS) is 13.8. The molecule has 4 heteroatoms. The first-order chi connectivity index (χ1) is 12.4. The number of hydrogen-bond donors (Lipinski definition) is 1. The quantitative estimate of drug-likeness (QED) is 0.561. The Morgan fingerprint density at radius 1 is 1.04 bits per heavy atom. The third-order valence-corrected chi connectivity index (χ3v) is 5.05. The van der Waals surface area contributed by atoms with Gasteiger partial charge in [0, 0.05) is 13.1 Å². The maximum absolute atomic E-state index is 12.7. The summed E-state index contributed by atoms with van der Waals surface area (Å²) < 4.78 is 5.58. The van der Waals surface area contributed by atoms with Crippen molar-refractivity contribution in [2.24, 2.45) is 5.92 Å². The predicted octanol–water partition coefficient (Wildman–Crippen LogP) is 4.37. The molecule has 0 aliphatic rings. The summed E-state index contributed by atoms with van der Waals surface area (Å²) in [5.74, 6) is 0.691. The monoisotopic (exact) mass is 362 g/mol. The minimum Gasteiger partial charge on any atom is -0.464 e. The van der Waals surface area contributed by atoms with Gasteiger partial charge in [-0.2, -0.15) is 0 Å². The van der Waals surface area contributed by atoms with Crippen molar-refractivity contribution in [2.45, 2.75) is 59.9 Å². The SMILES string of the molecule is CCC(C)COC(=O)C(NCCN(CC)CC)c1ccc(C(C)C)cc1.